The van der Waals surface area contributed by atoms with Crippen LogP contribution in [0.1, 0.15) is 96.8 Å². The molecule has 0 bridgehead atoms. The van der Waals surface area contributed by atoms with E-state index in [0.29, 0.717) is 12.8 Å². The zero-order chi connectivity index (χ0) is 23.7. The van der Waals surface area contributed by atoms with E-state index in [0.717, 1.165) is 32.1 Å². The first-order valence-corrected chi connectivity index (χ1v) is 12.0. The van der Waals surface area contributed by atoms with Gasteiger partial charge in [0.1, 0.15) is 0 Å². The van der Waals surface area contributed by atoms with Gasteiger partial charge in [-0.3, -0.25) is 14.4 Å². The average Bonchev–Trinajstić information content (AvgIpc) is 2.76. The molecule has 0 amide bonds. The molecule has 0 atom stereocenters. The number of aliphatic carboxylic acids is 1. The molecule has 0 aromatic rings. The summed E-state index contributed by atoms with van der Waals surface area (Å²) in [5, 5.41) is 8.50. The molecule has 0 fully saturated rings. The van der Waals surface area contributed by atoms with Gasteiger partial charge in [0.05, 0.1) is 13.2 Å². The van der Waals surface area contributed by atoms with Gasteiger partial charge in [0, 0.05) is 25.7 Å². The second-order valence-corrected chi connectivity index (χ2v) is 7.67. The third kappa shape index (κ3) is 23.9. The fourth-order valence-corrected chi connectivity index (χ4v) is 2.78. The lowest BCUT2D eigenvalue weighted by molar-refractivity contribution is -0.146. The molecule has 0 aliphatic heterocycles. The molecule has 0 radical (unpaired) electrons. The van der Waals surface area contributed by atoms with Gasteiger partial charge in [-0.1, -0.05) is 56.2 Å². The van der Waals surface area contributed by atoms with E-state index in [1.165, 1.54) is 25.7 Å². The quantitative estimate of drug-likeness (QED) is 0.125. The molecule has 1 N–H and O–H groups in total. The Morgan fingerprint density at radius 2 is 1.12 bits per heavy atom. The standard InChI is InChI=1S/C26H42O6/c1-2-3-4-5-6-7-8-9-10-11-12-13-14-15-16-20-25(29)31-22-18-23-32-26(30)21-17-19-24(27)28/h6-7,9-10,12-13H,2-5,8,11,14-23H2,1H3,(H,27,28)/b7-6-,10-9-,13-12-. The second-order valence-electron chi connectivity index (χ2n) is 7.67. The Morgan fingerprint density at radius 1 is 0.625 bits per heavy atom. The molecular weight excluding hydrogens is 408 g/mol. The Kier molecular flexibility index (Phi) is 21.6. The molecule has 0 aromatic carbocycles. The first-order chi connectivity index (χ1) is 15.6. The van der Waals surface area contributed by atoms with E-state index in [4.69, 9.17) is 14.6 Å². The Balaban J connectivity index is 3.46. The number of ether oxygens (including phenoxy) is 2. The van der Waals surface area contributed by atoms with Gasteiger partial charge >= 0.3 is 17.9 Å². The molecule has 0 saturated heterocycles. The van der Waals surface area contributed by atoms with Gasteiger partial charge in [-0.2, -0.15) is 0 Å². The van der Waals surface area contributed by atoms with E-state index in [9.17, 15) is 14.4 Å². The van der Waals surface area contributed by atoms with Gasteiger partial charge < -0.3 is 14.6 Å². The zero-order valence-corrected chi connectivity index (χ0v) is 19.8. The number of carboxylic acids is 1. The van der Waals surface area contributed by atoms with Crippen molar-refractivity contribution in [3.8, 4) is 0 Å². The van der Waals surface area contributed by atoms with Crippen LogP contribution in [0.3, 0.4) is 0 Å². The van der Waals surface area contributed by atoms with Crippen molar-refractivity contribution < 1.29 is 29.0 Å². The van der Waals surface area contributed by atoms with Gasteiger partial charge in [-0.25, -0.2) is 0 Å². The molecule has 0 unspecified atom stereocenters. The molecule has 0 saturated carbocycles. The predicted molar refractivity (Wildman–Crippen MR) is 127 cm³/mol. The summed E-state index contributed by atoms with van der Waals surface area (Å²) in [5.74, 6) is -1.58. The summed E-state index contributed by atoms with van der Waals surface area (Å²) in [4.78, 5) is 33.4. The third-order valence-electron chi connectivity index (χ3n) is 4.61. The van der Waals surface area contributed by atoms with E-state index in [-0.39, 0.29) is 38.4 Å². The fourth-order valence-electron chi connectivity index (χ4n) is 2.78. The fraction of sp³-hybridized carbons (Fsp3) is 0.654. The normalized spacial score (nSPS) is 11.5. The van der Waals surface area contributed by atoms with Crippen LogP contribution < -0.4 is 0 Å². The molecule has 0 aromatic heterocycles. The maximum atomic E-state index is 11.7. The summed E-state index contributed by atoms with van der Waals surface area (Å²) in [7, 11) is 0. The SMILES string of the molecule is CCCCC/C=C\C/C=C\C/C=C\CCCCC(=O)OCCCOC(=O)CCCC(=O)O. The van der Waals surface area contributed by atoms with Crippen molar-refractivity contribution in [3.63, 3.8) is 0 Å². The lowest BCUT2D eigenvalue weighted by Crippen LogP contribution is -2.11. The summed E-state index contributed by atoms with van der Waals surface area (Å²) in [6.45, 7) is 2.62. The molecule has 0 heterocycles. The van der Waals surface area contributed by atoms with Crippen molar-refractivity contribution in [2.75, 3.05) is 13.2 Å². The van der Waals surface area contributed by atoms with Crippen LogP contribution in [0.15, 0.2) is 36.5 Å². The first kappa shape index (κ1) is 29.6. The topological polar surface area (TPSA) is 89.9 Å². The number of hydrogen-bond donors (Lipinski definition) is 1. The van der Waals surface area contributed by atoms with E-state index in [2.05, 4.69) is 43.4 Å². The molecule has 0 spiro atoms. The van der Waals surface area contributed by atoms with Crippen molar-refractivity contribution in [2.45, 2.75) is 96.8 Å². The van der Waals surface area contributed by atoms with Crippen molar-refractivity contribution in [1.82, 2.24) is 0 Å². The van der Waals surface area contributed by atoms with Crippen LogP contribution in [0.4, 0.5) is 0 Å². The first-order valence-electron chi connectivity index (χ1n) is 12.0. The van der Waals surface area contributed by atoms with Crippen LogP contribution in [0.2, 0.25) is 0 Å². The van der Waals surface area contributed by atoms with Crippen LogP contribution in [-0.2, 0) is 23.9 Å². The lowest BCUT2D eigenvalue weighted by Gasteiger charge is -2.06. The van der Waals surface area contributed by atoms with Crippen molar-refractivity contribution in [1.29, 1.82) is 0 Å². The predicted octanol–water partition coefficient (Wildman–Crippen LogP) is 6.31. The largest absolute Gasteiger partial charge is 0.481 e. The summed E-state index contributed by atoms with van der Waals surface area (Å²) in [6, 6.07) is 0. The van der Waals surface area contributed by atoms with Crippen molar-refractivity contribution in [3.05, 3.63) is 36.5 Å². The third-order valence-corrected chi connectivity index (χ3v) is 4.61. The highest BCUT2D eigenvalue weighted by molar-refractivity contribution is 5.71. The smallest absolute Gasteiger partial charge is 0.305 e. The van der Waals surface area contributed by atoms with Gasteiger partial charge in [0.2, 0.25) is 0 Å². The van der Waals surface area contributed by atoms with Crippen molar-refractivity contribution >= 4 is 17.9 Å². The van der Waals surface area contributed by atoms with Gasteiger partial charge in [0.25, 0.3) is 0 Å². The minimum atomic E-state index is -0.926. The van der Waals surface area contributed by atoms with Crippen LogP contribution in [-0.4, -0.2) is 36.2 Å². The second kappa shape index (κ2) is 23.3. The van der Waals surface area contributed by atoms with Crippen LogP contribution in [0.25, 0.3) is 0 Å². The Bertz CT molecular complexity index is 577. The average molecular weight is 451 g/mol. The van der Waals surface area contributed by atoms with Gasteiger partial charge in [-0.15, -0.1) is 0 Å². The highest BCUT2D eigenvalue weighted by Gasteiger charge is 2.06. The zero-order valence-electron chi connectivity index (χ0n) is 19.8. The maximum Gasteiger partial charge on any atom is 0.305 e. The highest BCUT2D eigenvalue weighted by atomic mass is 16.5. The number of carbonyl (C=O) groups is 3. The molecule has 32 heavy (non-hydrogen) atoms. The molecule has 6 heteroatoms. The van der Waals surface area contributed by atoms with Crippen LogP contribution >= 0.6 is 0 Å². The minimum absolute atomic E-state index is 0.0450. The summed E-state index contributed by atoms with van der Waals surface area (Å²) < 4.78 is 10.1. The van der Waals surface area contributed by atoms with Crippen LogP contribution in [0.5, 0.6) is 0 Å². The minimum Gasteiger partial charge on any atom is -0.481 e. The number of carboxylic acid groups (broad SMARTS) is 1. The lowest BCUT2D eigenvalue weighted by atomic mass is 10.1. The summed E-state index contributed by atoms with van der Waals surface area (Å²) >= 11 is 0. The van der Waals surface area contributed by atoms with E-state index >= 15 is 0 Å². The molecule has 0 aliphatic carbocycles. The van der Waals surface area contributed by atoms with Crippen LogP contribution in [0, 0.1) is 0 Å². The number of allylic oxidation sites excluding steroid dienone is 6. The van der Waals surface area contributed by atoms with Crippen molar-refractivity contribution in [2.24, 2.45) is 0 Å². The number of carbonyl (C=O) groups excluding carboxylic acids is 2. The molecule has 0 aliphatic rings. The Morgan fingerprint density at radius 3 is 1.66 bits per heavy atom. The molecule has 0 rings (SSSR count). The Labute approximate surface area is 193 Å². The van der Waals surface area contributed by atoms with E-state index < -0.39 is 11.9 Å². The molecule has 182 valence electrons. The Hall–Kier alpha value is -2.37. The van der Waals surface area contributed by atoms with Gasteiger partial charge in [-0.05, 0) is 51.4 Å². The number of rotatable bonds is 21. The monoisotopic (exact) mass is 450 g/mol. The maximum absolute atomic E-state index is 11.7. The van der Waals surface area contributed by atoms with E-state index in [1.807, 2.05) is 0 Å². The molecule has 6 nitrogen and oxygen atoms in total. The number of unbranched alkanes of at least 4 members (excludes halogenated alkanes) is 5. The summed E-state index contributed by atoms with van der Waals surface area (Å²) in [6.07, 6.45) is 24.0. The van der Waals surface area contributed by atoms with Gasteiger partial charge in [0.15, 0.2) is 0 Å². The highest BCUT2D eigenvalue weighted by Crippen LogP contribution is 2.04. The molecular formula is C26H42O6. The van der Waals surface area contributed by atoms with E-state index in [1.54, 1.807) is 0 Å². The number of hydrogen-bond acceptors (Lipinski definition) is 5. The summed E-state index contributed by atoms with van der Waals surface area (Å²) in [5.41, 5.74) is 0. The number of esters is 2.